The van der Waals surface area contributed by atoms with Gasteiger partial charge >= 0.3 is 5.97 Å². The second kappa shape index (κ2) is 4.16. The van der Waals surface area contributed by atoms with Crippen LogP contribution in [0, 0.1) is 17.8 Å². The molecule has 78 valence electrons. The predicted octanol–water partition coefficient (Wildman–Crippen LogP) is 2.84. The molecular formula is C12H18O2. The van der Waals surface area contributed by atoms with Crippen LogP contribution in [0.5, 0.6) is 0 Å². The lowest BCUT2D eigenvalue weighted by atomic mass is 9.97. The summed E-state index contributed by atoms with van der Waals surface area (Å²) in [6.45, 7) is 0. The van der Waals surface area contributed by atoms with E-state index in [1.807, 2.05) is 0 Å². The topological polar surface area (TPSA) is 37.3 Å². The molecule has 0 atom stereocenters. The summed E-state index contributed by atoms with van der Waals surface area (Å²) in [7, 11) is 0. The fraction of sp³-hybridized carbons (Fsp3) is 0.750. The van der Waals surface area contributed by atoms with Gasteiger partial charge in [-0.1, -0.05) is 12.2 Å². The molecular weight excluding hydrogens is 176 g/mol. The largest absolute Gasteiger partial charge is 0.481 e. The van der Waals surface area contributed by atoms with Crippen LogP contribution in [0.2, 0.25) is 0 Å². The summed E-state index contributed by atoms with van der Waals surface area (Å²) in [4.78, 5) is 10.3. The monoisotopic (exact) mass is 194 g/mol. The van der Waals surface area contributed by atoms with Gasteiger partial charge < -0.3 is 5.11 Å². The molecule has 2 rings (SSSR count). The van der Waals surface area contributed by atoms with E-state index < -0.39 is 5.97 Å². The molecule has 2 aliphatic rings. The van der Waals surface area contributed by atoms with Gasteiger partial charge in [0.1, 0.15) is 0 Å². The van der Waals surface area contributed by atoms with E-state index in [0.717, 1.165) is 17.8 Å². The van der Waals surface area contributed by atoms with Crippen LogP contribution in [0.4, 0.5) is 0 Å². The Morgan fingerprint density at radius 3 is 2.29 bits per heavy atom. The van der Waals surface area contributed by atoms with E-state index in [1.165, 1.54) is 25.7 Å². The van der Waals surface area contributed by atoms with Gasteiger partial charge in [0.15, 0.2) is 0 Å². The van der Waals surface area contributed by atoms with Gasteiger partial charge in [0.05, 0.1) is 0 Å². The van der Waals surface area contributed by atoms with Crippen molar-refractivity contribution in [3.63, 3.8) is 0 Å². The summed E-state index contributed by atoms with van der Waals surface area (Å²) in [6, 6.07) is 0. The van der Waals surface area contributed by atoms with Crippen LogP contribution in [-0.4, -0.2) is 11.1 Å². The molecule has 2 fully saturated rings. The molecule has 0 unspecified atom stereocenters. The van der Waals surface area contributed by atoms with Crippen LogP contribution in [0.1, 0.15) is 38.5 Å². The van der Waals surface area contributed by atoms with Gasteiger partial charge in [-0.3, -0.25) is 4.79 Å². The van der Waals surface area contributed by atoms with E-state index in [0.29, 0.717) is 6.42 Å². The molecule has 0 aliphatic heterocycles. The Hall–Kier alpha value is -0.790. The number of hydrogen-bond acceptors (Lipinski definition) is 1. The molecule has 0 aromatic carbocycles. The van der Waals surface area contributed by atoms with Crippen molar-refractivity contribution in [2.24, 2.45) is 17.8 Å². The standard InChI is InChI=1S/C12H18O2/c13-12(14)4-2-1-3-11(9-5-6-9)10-7-8-10/h1,3,9-11H,2,4-8H2,(H,13,14). The molecule has 0 saturated heterocycles. The maximum atomic E-state index is 10.3. The predicted molar refractivity (Wildman–Crippen MR) is 54.9 cm³/mol. The molecule has 2 heteroatoms. The third-order valence-corrected chi connectivity index (χ3v) is 3.22. The normalized spacial score (nSPS) is 22.1. The Morgan fingerprint density at radius 1 is 1.29 bits per heavy atom. The van der Waals surface area contributed by atoms with Crippen molar-refractivity contribution in [3.05, 3.63) is 12.2 Å². The van der Waals surface area contributed by atoms with Gasteiger partial charge in [0.25, 0.3) is 0 Å². The highest BCUT2D eigenvalue weighted by molar-refractivity contribution is 5.66. The minimum Gasteiger partial charge on any atom is -0.481 e. The minimum absolute atomic E-state index is 0.276. The van der Waals surface area contributed by atoms with Crippen molar-refractivity contribution in [2.45, 2.75) is 38.5 Å². The second-order valence-corrected chi connectivity index (χ2v) is 4.61. The quantitative estimate of drug-likeness (QED) is 0.660. The number of carbonyl (C=O) groups is 1. The lowest BCUT2D eigenvalue weighted by Crippen LogP contribution is -2.01. The third-order valence-electron chi connectivity index (χ3n) is 3.22. The summed E-state index contributed by atoms with van der Waals surface area (Å²) >= 11 is 0. The van der Waals surface area contributed by atoms with Crippen LogP contribution in [-0.2, 0) is 4.79 Å². The van der Waals surface area contributed by atoms with Crippen LogP contribution in [0.3, 0.4) is 0 Å². The van der Waals surface area contributed by atoms with Crippen LogP contribution < -0.4 is 0 Å². The van der Waals surface area contributed by atoms with Crippen molar-refractivity contribution in [2.75, 3.05) is 0 Å². The highest BCUT2D eigenvalue weighted by atomic mass is 16.4. The molecule has 2 nitrogen and oxygen atoms in total. The van der Waals surface area contributed by atoms with Gasteiger partial charge in [-0.2, -0.15) is 0 Å². The Morgan fingerprint density at radius 2 is 1.86 bits per heavy atom. The van der Waals surface area contributed by atoms with E-state index in [9.17, 15) is 4.79 Å². The molecule has 0 heterocycles. The van der Waals surface area contributed by atoms with Crippen molar-refractivity contribution in [3.8, 4) is 0 Å². The molecule has 2 aliphatic carbocycles. The van der Waals surface area contributed by atoms with E-state index in [-0.39, 0.29) is 6.42 Å². The maximum Gasteiger partial charge on any atom is 0.303 e. The molecule has 2 saturated carbocycles. The van der Waals surface area contributed by atoms with Crippen LogP contribution in [0.15, 0.2) is 12.2 Å². The highest BCUT2D eigenvalue weighted by Gasteiger charge is 2.39. The Labute approximate surface area is 85.0 Å². The van der Waals surface area contributed by atoms with Gasteiger partial charge in [0, 0.05) is 6.42 Å². The molecule has 0 aromatic rings. The van der Waals surface area contributed by atoms with E-state index in [2.05, 4.69) is 12.2 Å². The number of allylic oxidation sites excluding steroid dienone is 2. The number of hydrogen-bond donors (Lipinski definition) is 1. The Balaban J connectivity index is 1.72. The fourth-order valence-electron chi connectivity index (χ4n) is 2.12. The van der Waals surface area contributed by atoms with Gasteiger partial charge in [-0.25, -0.2) is 0 Å². The van der Waals surface area contributed by atoms with Crippen LogP contribution in [0.25, 0.3) is 0 Å². The summed E-state index contributed by atoms with van der Waals surface area (Å²) in [6.07, 6.45) is 10.9. The zero-order valence-electron chi connectivity index (χ0n) is 8.48. The maximum absolute atomic E-state index is 10.3. The molecule has 0 aromatic heterocycles. The van der Waals surface area contributed by atoms with Crippen molar-refractivity contribution in [1.82, 2.24) is 0 Å². The molecule has 0 amide bonds. The molecule has 0 spiro atoms. The average Bonchev–Trinajstić information content (AvgIpc) is 2.99. The SMILES string of the molecule is O=C(O)CCC=CC(C1CC1)C1CC1. The van der Waals surface area contributed by atoms with Crippen molar-refractivity contribution < 1.29 is 9.90 Å². The Kier molecular flexibility index (Phi) is 2.90. The van der Waals surface area contributed by atoms with Crippen molar-refractivity contribution in [1.29, 1.82) is 0 Å². The second-order valence-electron chi connectivity index (χ2n) is 4.61. The zero-order chi connectivity index (χ0) is 9.97. The van der Waals surface area contributed by atoms with E-state index in [1.54, 1.807) is 0 Å². The fourth-order valence-corrected chi connectivity index (χ4v) is 2.12. The van der Waals surface area contributed by atoms with Crippen LogP contribution >= 0.6 is 0 Å². The molecule has 0 radical (unpaired) electrons. The summed E-state index contributed by atoms with van der Waals surface area (Å²) < 4.78 is 0. The zero-order valence-corrected chi connectivity index (χ0v) is 8.48. The molecule has 14 heavy (non-hydrogen) atoms. The van der Waals surface area contributed by atoms with Crippen molar-refractivity contribution >= 4 is 5.97 Å². The highest BCUT2D eigenvalue weighted by Crippen LogP contribution is 2.49. The summed E-state index contributed by atoms with van der Waals surface area (Å²) in [5, 5.41) is 8.49. The summed E-state index contributed by atoms with van der Waals surface area (Å²) in [5.41, 5.74) is 0. The van der Waals surface area contributed by atoms with Gasteiger partial charge in [-0.05, 0) is 49.9 Å². The first-order valence-electron chi connectivity index (χ1n) is 5.66. The number of carboxylic acid groups (broad SMARTS) is 1. The Bertz CT molecular complexity index is 225. The van der Waals surface area contributed by atoms with E-state index in [4.69, 9.17) is 5.11 Å². The number of carboxylic acids is 1. The van der Waals surface area contributed by atoms with Gasteiger partial charge in [0.2, 0.25) is 0 Å². The smallest absolute Gasteiger partial charge is 0.303 e. The number of aliphatic carboxylic acids is 1. The lowest BCUT2D eigenvalue weighted by molar-refractivity contribution is -0.136. The minimum atomic E-state index is -0.691. The first-order chi connectivity index (χ1) is 6.77. The first kappa shape index (κ1) is 9.75. The molecule has 1 N–H and O–H groups in total. The first-order valence-corrected chi connectivity index (χ1v) is 5.66. The number of rotatable bonds is 6. The average molecular weight is 194 g/mol. The lowest BCUT2D eigenvalue weighted by Gasteiger charge is -2.08. The molecule has 0 bridgehead atoms. The van der Waals surface area contributed by atoms with Gasteiger partial charge in [-0.15, -0.1) is 0 Å². The van der Waals surface area contributed by atoms with E-state index >= 15 is 0 Å². The third kappa shape index (κ3) is 2.86. The summed E-state index contributed by atoms with van der Waals surface area (Å²) in [5.74, 6) is 1.96.